The Morgan fingerprint density at radius 3 is 2.53 bits per heavy atom. The zero-order chi connectivity index (χ0) is 36.6. The number of likely N-dealkylation sites (tertiary alicyclic amines) is 2. The Hall–Kier alpha value is -4.42. The number of rotatable bonds is 8. The normalized spacial score (nSPS) is 23.8. The maximum Gasteiger partial charge on any atom is 0.238 e. The third-order valence-electron chi connectivity index (χ3n) is 12.6. The summed E-state index contributed by atoms with van der Waals surface area (Å²) >= 11 is 0. The molecule has 3 aromatic heterocycles. The van der Waals surface area contributed by atoms with Gasteiger partial charge in [0.05, 0.1) is 48.1 Å². The number of ether oxygens (including phenoxy) is 1. The number of halogens is 1. The Labute approximate surface area is 309 Å². The maximum absolute atomic E-state index is 14.9. The number of hydrogen-bond donors (Lipinski definition) is 1. The Morgan fingerprint density at radius 1 is 1.06 bits per heavy atom. The lowest BCUT2D eigenvalue weighted by atomic mass is 9.73. The molecule has 1 N–H and O–H groups in total. The van der Waals surface area contributed by atoms with Crippen molar-refractivity contribution in [2.75, 3.05) is 49.6 Å². The van der Waals surface area contributed by atoms with Crippen molar-refractivity contribution in [2.24, 2.45) is 11.3 Å². The topological polar surface area (TPSA) is 109 Å². The van der Waals surface area contributed by atoms with E-state index in [4.69, 9.17) is 14.7 Å². The van der Waals surface area contributed by atoms with Crippen LogP contribution >= 0.6 is 0 Å². The highest BCUT2D eigenvalue weighted by Crippen LogP contribution is 2.52. The summed E-state index contributed by atoms with van der Waals surface area (Å²) in [5.41, 5.74) is 5.03. The van der Waals surface area contributed by atoms with Crippen molar-refractivity contribution in [3.05, 3.63) is 60.4 Å². The van der Waals surface area contributed by atoms with Gasteiger partial charge >= 0.3 is 0 Å². The number of hydrogen-bond acceptors (Lipinski definition) is 8. The molecular weight excluding hydrogens is 672 g/mol. The number of amides is 2. The van der Waals surface area contributed by atoms with E-state index < -0.39 is 11.2 Å². The molecule has 0 bridgehead atoms. The second kappa shape index (κ2) is 12.9. The molecule has 11 nitrogen and oxygen atoms in total. The Morgan fingerprint density at radius 2 is 1.85 bits per heavy atom. The van der Waals surface area contributed by atoms with E-state index >= 15 is 0 Å². The molecule has 1 aromatic carbocycles. The highest BCUT2D eigenvalue weighted by atomic mass is 19.1. The molecule has 3 saturated heterocycles. The van der Waals surface area contributed by atoms with Crippen LogP contribution in [0, 0.1) is 17.2 Å². The molecule has 4 aliphatic heterocycles. The smallest absolute Gasteiger partial charge is 0.238 e. The van der Waals surface area contributed by atoms with Gasteiger partial charge < -0.3 is 24.4 Å². The summed E-state index contributed by atoms with van der Waals surface area (Å²) < 4.78 is 22.2. The Bertz CT molecular complexity index is 2080. The molecule has 4 aromatic rings. The van der Waals surface area contributed by atoms with Crippen LogP contribution < -0.4 is 10.2 Å². The van der Waals surface area contributed by atoms with Crippen LogP contribution in [0.25, 0.3) is 22.3 Å². The van der Waals surface area contributed by atoms with Crippen molar-refractivity contribution in [1.82, 2.24) is 29.3 Å². The minimum atomic E-state index is -0.663. The third-order valence-corrected chi connectivity index (χ3v) is 12.6. The van der Waals surface area contributed by atoms with Crippen molar-refractivity contribution >= 4 is 40.0 Å². The van der Waals surface area contributed by atoms with Crippen molar-refractivity contribution in [2.45, 2.75) is 89.8 Å². The molecule has 0 atom stereocenters. The van der Waals surface area contributed by atoms with Gasteiger partial charge in [0, 0.05) is 67.5 Å². The van der Waals surface area contributed by atoms with Gasteiger partial charge in [-0.25, -0.2) is 14.4 Å². The highest BCUT2D eigenvalue weighted by molar-refractivity contribution is 6.09. The molecule has 5 aliphatic rings. The number of anilines is 3. The number of piperidine rings is 1. The molecule has 4 fully saturated rings. The second-order valence-corrected chi connectivity index (χ2v) is 17.1. The molecule has 0 unspecified atom stereocenters. The summed E-state index contributed by atoms with van der Waals surface area (Å²) in [6, 6.07) is 10.6. The van der Waals surface area contributed by atoms with Gasteiger partial charge in [0.15, 0.2) is 11.6 Å². The largest absolute Gasteiger partial charge is 0.381 e. The molecule has 0 radical (unpaired) electrons. The summed E-state index contributed by atoms with van der Waals surface area (Å²) in [6.07, 6.45) is 9.38. The fourth-order valence-electron chi connectivity index (χ4n) is 9.34. The number of fused-ring (bicyclic) bond motifs is 3. The van der Waals surface area contributed by atoms with Crippen LogP contribution in [0.4, 0.5) is 21.6 Å². The average Bonchev–Trinajstić information content (AvgIpc) is 3.76. The number of carbonyl (C=O) groups excluding carboxylic acids is 2. The SMILES string of the molecule is CC(C)n1cnc2cc(-c3ccc4c(c3)N([C@H]3C[C@@H](N5CCC(C)(C)C5)C3)C(=O)C43CCN(C(=O)CC4COC4)CC3)nc(Nc3ccncc3F)c21. The molecule has 9 rings (SSSR count). The van der Waals surface area contributed by atoms with E-state index in [0.717, 1.165) is 53.8 Å². The lowest BCUT2D eigenvalue weighted by molar-refractivity contribution is -0.140. The Balaban J connectivity index is 1.07. The summed E-state index contributed by atoms with van der Waals surface area (Å²) in [4.78, 5) is 48.5. The van der Waals surface area contributed by atoms with Crippen molar-refractivity contribution in [3.8, 4) is 11.3 Å². The molecule has 1 spiro atoms. The lowest BCUT2D eigenvalue weighted by Gasteiger charge is -2.46. The fourth-order valence-corrected chi connectivity index (χ4v) is 9.34. The van der Waals surface area contributed by atoms with Gasteiger partial charge in [-0.05, 0) is 81.7 Å². The number of pyridine rings is 2. The molecule has 12 heteroatoms. The quantitative estimate of drug-likeness (QED) is 0.221. The zero-order valence-corrected chi connectivity index (χ0v) is 31.1. The van der Waals surface area contributed by atoms with Gasteiger partial charge in [-0.15, -0.1) is 0 Å². The molecule has 53 heavy (non-hydrogen) atoms. The van der Waals surface area contributed by atoms with Crippen LogP contribution in [0.15, 0.2) is 49.1 Å². The highest BCUT2D eigenvalue weighted by Gasteiger charge is 2.56. The number of imidazole rings is 1. The molecule has 1 saturated carbocycles. The van der Waals surface area contributed by atoms with E-state index in [-0.39, 0.29) is 29.6 Å². The van der Waals surface area contributed by atoms with Crippen LogP contribution in [0.5, 0.6) is 0 Å². The molecule has 278 valence electrons. The average molecular weight is 721 g/mol. The molecular formula is C41H49FN8O3. The first-order valence-corrected chi connectivity index (χ1v) is 19.3. The summed E-state index contributed by atoms with van der Waals surface area (Å²) in [7, 11) is 0. The fraction of sp³-hybridized carbons (Fsp3) is 0.537. The first kappa shape index (κ1) is 34.4. The van der Waals surface area contributed by atoms with Gasteiger partial charge in [0.1, 0.15) is 5.52 Å². The van der Waals surface area contributed by atoms with E-state index in [9.17, 15) is 14.0 Å². The summed E-state index contributed by atoms with van der Waals surface area (Å²) in [6.45, 7) is 13.5. The third kappa shape index (κ3) is 5.89. The van der Waals surface area contributed by atoms with Gasteiger partial charge in [0.25, 0.3) is 0 Å². The van der Waals surface area contributed by atoms with E-state index in [2.05, 4.69) is 66.0 Å². The number of nitrogens with zero attached hydrogens (tertiary/aromatic N) is 7. The maximum atomic E-state index is 14.9. The first-order valence-electron chi connectivity index (χ1n) is 19.3. The number of aromatic nitrogens is 4. The number of benzene rings is 1. The second-order valence-electron chi connectivity index (χ2n) is 17.1. The minimum absolute atomic E-state index is 0.109. The monoisotopic (exact) mass is 720 g/mol. The first-order chi connectivity index (χ1) is 25.5. The van der Waals surface area contributed by atoms with Crippen molar-refractivity contribution < 1.29 is 18.7 Å². The van der Waals surface area contributed by atoms with Crippen LogP contribution in [0.2, 0.25) is 0 Å². The Kier molecular flexibility index (Phi) is 8.34. The van der Waals surface area contributed by atoms with Crippen LogP contribution in [-0.2, 0) is 19.7 Å². The van der Waals surface area contributed by atoms with E-state index in [0.29, 0.717) is 74.5 Å². The van der Waals surface area contributed by atoms with Crippen molar-refractivity contribution in [3.63, 3.8) is 0 Å². The molecule has 2 amide bonds. The van der Waals surface area contributed by atoms with Crippen LogP contribution in [0.1, 0.15) is 77.8 Å². The van der Waals surface area contributed by atoms with E-state index in [1.165, 1.54) is 12.6 Å². The number of carbonyl (C=O) groups is 2. The van der Waals surface area contributed by atoms with Gasteiger partial charge in [-0.2, -0.15) is 0 Å². The van der Waals surface area contributed by atoms with Crippen LogP contribution in [-0.4, -0.2) is 92.6 Å². The van der Waals surface area contributed by atoms with E-state index in [1.54, 1.807) is 18.6 Å². The summed E-state index contributed by atoms with van der Waals surface area (Å²) in [5.74, 6) is 0.671. The summed E-state index contributed by atoms with van der Waals surface area (Å²) in [5, 5.41) is 3.23. The molecule has 7 heterocycles. The standard InChI is InChI=1S/C41H49FN8O3/c1-25(2)49-24-44-34-19-33(46-38(37(34)49)45-32-7-11-43-20-31(32)42)27-5-6-30-35(16-27)50(29-17-28(18-29)48-12-8-40(3,4)23-48)39(52)41(30)9-13-47(14-10-41)36(51)15-26-21-53-22-26/h5-7,11,16,19-20,24-26,28-29H,8-10,12-15,17-18,21-23H2,1-4H3,(H,43,45,46)/t28-,29+. The minimum Gasteiger partial charge on any atom is -0.381 e. The molecule has 1 aliphatic carbocycles. The zero-order valence-electron chi connectivity index (χ0n) is 31.1. The lowest BCUT2D eigenvalue weighted by Crippen LogP contribution is -2.57. The van der Waals surface area contributed by atoms with Gasteiger partial charge in [-0.3, -0.25) is 19.5 Å². The van der Waals surface area contributed by atoms with Gasteiger partial charge in [0.2, 0.25) is 11.8 Å². The van der Waals surface area contributed by atoms with Crippen LogP contribution in [0.3, 0.4) is 0 Å². The predicted octanol–water partition coefficient (Wildman–Crippen LogP) is 6.46. The van der Waals surface area contributed by atoms with Crippen molar-refractivity contribution in [1.29, 1.82) is 0 Å². The van der Waals surface area contributed by atoms with E-state index in [1.807, 2.05) is 15.5 Å². The predicted molar refractivity (Wildman–Crippen MR) is 202 cm³/mol. The number of nitrogens with one attached hydrogen (secondary N) is 1. The van der Waals surface area contributed by atoms with Gasteiger partial charge in [-0.1, -0.05) is 26.0 Å².